The molecular formula is C20H18N2O3S. The minimum absolute atomic E-state index is 0.0376. The molecule has 0 saturated carbocycles. The number of carbonyl (C=O) groups excluding carboxylic acids is 1. The van der Waals surface area contributed by atoms with E-state index in [1.807, 2.05) is 49.4 Å². The number of amides is 1. The van der Waals surface area contributed by atoms with E-state index in [0.717, 1.165) is 32.3 Å². The number of hydrogen-bond acceptors (Lipinski definition) is 5. The number of aromatic nitrogens is 1. The fourth-order valence-electron chi connectivity index (χ4n) is 2.81. The van der Waals surface area contributed by atoms with E-state index in [4.69, 9.17) is 9.47 Å². The van der Waals surface area contributed by atoms with Crippen LogP contribution in [0.4, 0.5) is 0 Å². The summed E-state index contributed by atoms with van der Waals surface area (Å²) in [5.74, 6) is 1.44. The van der Waals surface area contributed by atoms with E-state index >= 15 is 0 Å². The van der Waals surface area contributed by atoms with E-state index in [9.17, 15) is 4.79 Å². The molecule has 0 N–H and O–H groups in total. The van der Waals surface area contributed by atoms with Crippen molar-refractivity contribution in [3.8, 4) is 11.5 Å². The maximum Gasteiger partial charge on any atom is 0.246 e. The van der Waals surface area contributed by atoms with Crippen LogP contribution in [0.25, 0.3) is 16.3 Å². The molecule has 2 aromatic carbocycles. The van der Waals surface area contributed by atoms with Gasteiger partial charge in [-0.1, -0.05) is 18.2 Å². The molecule has 4 rings (SSSR count). The van der Waals surface area contributed by atoms with E-state index < -0.39 is 0 Å². The molecule has 2 heterocycles. The summed E-state index contributed by atoms with van der Waals surface area (Å²) in [6.45, 7) is 3.37. The molecule has 0 aliphatic carbocycles. The van der Waals surface area contributed by atoms with Crippen molar-refractivity contribution in [3.05, 3.63) is 59.1 Å². The number of likely N-dealkylation sites (N-methyl/N-ethyl adjacent to an activating group) is 1. The topological polar surface area (TPSA) is 51.7 Å². The third-order valence-corrected chi connectivity index (χ3v) is 5.18. The molecule has 5 nitrogen and oxygen atoms in total. The summed E-state index contributed by atoms with van der Waals surface area (Å²) in [6.07, 6.45) is 3.38. The molecule has 0 fully saturated rings. The largest absolute Gasteiger partial charge is 0.454 e. The summed E-state index contributed by atoms with van der Waals surface area (Å²) in [5, 5.41) is 0.832. The van der Waals surface area contributed by atoms with Crippen molar-refractivity contribution in [3.63, 3.8) is 0 Å². The molecule has 0 saturated heterocycles. The summed E-state index contributed by atoms with van der Waals surface area (Å²) < 4.78 is 11.8. The predicted octanol–water partition coefficient (Wildman–Crippen LogP) is 4.09. The van der Waals surface area contributed by atoms with Gasteiger partial charge >= 0.3 is 0 Å². The van der Waals surface area contributed by atoms with Crippen molar-refractivity contribution < 1.29 is 14.3 Å². The van der Waals surface area contributed by atoms with Crippen molar-refractivity contribution in [2.45, 2.75) is 13.5 Å². The molecule has 1 aliphatic heterocycles. The summed E-state index contributed by atoms with van der Waals surface area (Å²) in [6, 6.07) is 13.7. The van der Waals surface area contributed by atoms with Crippen molar-refractivity contribution in [2.24, 2.45) is 0 Å². The zero-order valence-corrected chi connectivity index (χ0v) is 15.2. The molecular weight excluding hydrogens is 348 g/mol. The van der Waals surface area contributed by atoms with Gasteiger partial charge in [0.1, 0.15) is 5.01 Å². The summed E-state index contributed by atoms with van der Waals surface area (Å²) in [5.41, 5.74) is 1.97. The molecule has 1 amide bonds. The smallest absolute Gasteiger partial charge is 0.246 e. The van der Waals surface area contributed by atoms with Crippen LogP contribution < -0.4 is 9.47 Å². The molecule has 0 bridgehead atoms. The first kappa shape index (κ1) is 16.6. The number of hydrogen-bond donors (Lipinski definition) is 0. The summed E-state index contributed by atoms with van der Waals surface area (Å²) >= 11 is 1.58. The van der Waals surface area contributed by atoms with E-state index in [-0.39, 0.29) is 12.7 Å². The Balaban J connectivity index is 1.46. The monoisotopic (exact) mass is 366 g/mol. The number of benzene rings is 2. The number of carbonyl (C=O) groups is 1. The third kappa shape index (κ3) is 3.41. The minimum Gasteiger partial charge on any atom is -0.454 e. The van der Waals surface area contributed by atoms with Gasteiger partial charge in [0, 0.05) is 19.2 Å². The van der Waals surface area contributed by atoms with Crippen LogP contribution in [0.3, 0.4) is 0 Å². The molecule has 0 atom stereocenters. The number of rotatable bonds is 5. The molecule has 3 aromatic rings. The minimum atomic E-state index is -0.0376. The molecule has 1 aliphatic rings. The van der Waals surface area contributed by atoms with E-state index in [2.05, 4.69) is 4.98 Å². The van der Waals surface area contributed by atoms with Gasteiger partial charge in [-0.25, -0.2) is 4.98 Å². The van der Waals surface area contributed by atoms with Gasteiger partial charge in [-0.05, 0) is 42.8 Å². The van der Waals surface area contributed by atoms with Crippen LogP contribution in [-0.2, 0) is 11.3 Å². The lowest BCUT2D eigenvalue weighted by Gasteiger charge is -2.19. The molecule has 1 aromatic heterocycles. The van der Waals surface area contributed by atoms with Crippen molar-refractivity contribution in [1.29, 1.82) is 0 Å². The van der Waals surface area contributed by atoms with Gasteiger partial charge in [-0.15, -0.1) is 11.3 Å². The van der Waals surface area contributed by atoms with Crippen LogP contribution in [0.5, 0.6) is 11.5 Å². The predicted molar refractivity (Wildman–Crippen MR) is 102 cm³/mol. The van der Waals surface area contributed by atoms with Gasteiger partial charge in [0.05, 0.1) is 10.2 Å². The van der Waals surface area contributed by atoms with E-state index in [1.165, 1.54) is 0 Å². The summed E-state index contributed by atoms with van der Waals surface area (Å²) in [4.78, 5) is 18.9. The Morgan fingerprint density at radius 2 is 2.08 bits per heavy atom. The lowest BCUT2D eigenvalue weighted by atomic mass is 10.2. The molecule has 26 heavy (non-hydrogen) atoms. The zero-order chi connectivity index (χ0) is 17.9. The molecule has 6 heteroatoms. The second-order valence-corrected chi connectivity index (χ2v) is 6.96. The van der Waals surface area contributed by atoms with Crippen LogP contribution >= 0.6 is 11.3 Å². The lowest BCUT2D eigenvalue weighted by molar-refractivity contribution is -0.126. The third-order valence-electron chi connectivity index (χ3n) is 4.18. The number of para-hydroxylation sites is 1. The Kier molecular flexibility index (Phi) is 4.58. The highest BCUT2D eigenvalue weighted by Gasteiger charge is 2.15. The molecule has 132 valence electrons. The first-order valence-electron chi connectivity index (χ1n) is 8.44. The van der Waals surface area contributed by atoms with E-state index in [1.54, 1.807) is 28.4 Å². The fraction of sp³-hybridized carbons (Fsp3) is 0.200. The average molecular weight is 366 g/mol. The van der Waals surface area contributed by atoms with Crippen molar-refractivity contribution in [2.75, 3.05) is 13.3 Å². The highest BCUT2D eigenvalue weighted by atomic mass is 32.1. The van der Waals surface area contributed by atoms with Crippen molar-refractivity contribution in [1.82, 2.24) is 9.88 Å². The number of nitrogens with zero attached hydrogens (tertiary/aromatic N) is 2. The Morgan fingerprint density at radius 1 is 1.23 bits per heavy atom. The number of thiazole rings is 1. The quantitative estimate of drug-likeness (QED) is 0.638. The number of fused-ring (bicyclic) bond motifs is 2. The van der Waals surface area contributed by atoms with Crippen LogP contribution in [0, 0.1) is 0 Å². The van der Waals surface area contributed by atoms with Gasteiger partial charge in [0.2, 0.25) is 12.7 Å². The van der Waals surface area contributed by atoms with Gasteiger partial charge in [-0.3, -0.25) is 4.79 Å². The van der Waals surface area contributed by atoms with E-state index in [0.29, 0.717) is 13.1 Å². The highest BCUT2D eigenvalue weighted by Crippen LogP contribution is 2.32. The maximum atomic E-state index is 12.6. The zero-order valence-electron chi connectivity index (χ0n) is 14.3. The molecule has 0 radical (unpaired) electrons. The normalized spacial score (nSPS) is 12.8. The standard InChI is InChI=1S/C20H18N2O3S/c1-2-22(12-14-7-8-16-17(11-14)25-13-24-16)20(23)10-9-19-21-15-5-3-4-6-18(15)26-19/h3-11H,2,12-13H2,1H3/b10-9+. The second-order valence-electron chi connectivity index (χ2n) is 5.89. The second kappa shape index (κ2) is 7.17. The highest BCUT2D eigenvalue weighted by molar-refractivity contribution is 7.19. The SMILES string of the molecule is CCN(Cc1ccc2c(c1)OCO2)C(=O)/C=C/c1nc2ccccc2s1. The Hall–Kier alpha value is -2.86. The van der Waals surface area contributed by atoms with Crippen LogP contribution in [0.15, 0.2) is 48.5 Å². The fourth-order valence-corrected chi connectivity index (χ4v) is 3.68. The molecule has 0 spiro atoms. The van der Waals surface area contributed by atoms with Crippen LogP contribution in [0.2, 0.25) is 0 Å². The van der Waals surface area contributed by atoms with Crippen LogP contribution in [0.1, 0.15) is 17.5 Å². The van der Waals surface area contributed by atoms with Gasteiger partial charge in [0.15, 0.2) is 11.5 Å². The lowest BCUT2D eigenvalue weighted by Crippen LogP contribution is -2.28. The summed E-state index contributed by atoms with van der Waals surface area (Å²) in [7, 11) is 0. The Labute approximate surface area is 155 Å². The number of ether oxygens (including phenoxy) is 2. The van der Waals surface area contributed by atoms with Gasteiger partial charge in [-0.2, -0.15) is 0 Å². The van der Waals surface area contributed by atoms with Gasteiger partial charge < -0.3 is 14.4 Å². The van der Waals surface area contributed by atoms with Gasteiger partial charge in [0.25, 0.3) is 0 Å². The van der Waals surface area contributed by atoms with Crippen LogP contribution in [-0.4, -0.2) is 29.1 Å². The van der Waals surface area contributed by atoms with Crippen molar-refractivity contribution >= 4 is 33.5 Å². The average Bonchev–Trinajstić information content (AvgIpc) is 3.29. The Bertz CT molecular complexity index is 947. The maximum absolute atomic E-state index is 12.6. The first-order valence-corrected chi connectivity index (χ1v) is 9.25. The first-order chi connectivity index (χ1) is 12.7. The Morgan fingerprint density at radius 3 is 2.92 bits per heavy atom. The molecule has 0 unspecified atom stereocenters.